The summed E-state index contributed by atoms with van der Waals surface area (Å²) >= 11 is 0. The maximum Gasteiger partial charge on any atom is 0.219 e. The van der Waals surface area contributed by atoms with Gasteiger partial charge in [-0.25, -0.2) is 4.98 Å². The lowest BCUT2D eigenvalue weighted by atomic mass is 10.0. The third-order valence-electron chi connectivity index (χ3n) is 3.18. The van der Waals surface area contributed by atoms with Gasteiger partial charge in [0, 0.05) is 17.8 Å². The summed E-state index contributed by atoms with van der Waals surface area (Å²) in [5.41, 5.74) is 8.04. The third-order valence-corrected chi connectivity index (χ3v) is 3.18. The smallest absolute Gasteiger partial charge is 0.219 e. The highest BCUT2D eigenvalue weighted by Gasteiger charge is 2.11. The van der Waals surface area contributed by atoms with Crippen LogP contribution in [0.4, 0.5) is 0 Å². The van der Waals surface area contributed by atoms with Crippen molar-refractivity contribution in [3.63, 3.8) is 0 Å². The molecular formula is C16H20N2O2. The second-order valence-corrected chi connectivity index (χ2v) is 4.51. The molecule has 0 aliphatic carbocycles. The van der Waals surface area contributed by atoms with Crippen LogP contribution in [-0.2, 0) is 6.61 Å². The minimum atomic E-state index is -0.0120. The number of aromatic nitrogens is 1. The van der Waals surface area contributed by atoms with Gasteiger partial charge in [0.25, 0.3) is 0 Å². The number of nitrogens with zero attached hydrogens (tertiary/aromatic N) is 1. The molecule has 2 rings (SSSR count). The summed E-state index contributed by atoms with van der Waals surface area (Å²) in [7, 11) is 1.60. The van der Waals surface area contributed by atoms with Crippen LogP contribution in [0.1, 0.15) is 30.5 Å². The number of ether oxygens (including phenoxy) is 2. The van der Waals surface area contributed by atoms with Crippen LogP contribution in [0.15, 0.2) is 42.6 Å². The van der Waals surface area contributed by atoms with Crippen molar-refractivity contribution < 1.29 is 9.47 Å². The first-order valence-electron chi connectivity index (χ1n) is 6.71. The molecule has 0 unspecified atom stereocenters. The van der Waals surface area contributed by atoms with Gasteiger partial charge in [-0.1, -0.05) is 25.1 Å². The van der Waals surface area contributed by atoms with Crippen LogP contribution < -0.4 is 15.2 Å². The summed E-state index contributed by atoms with van der Waals surface area (Å²) in [6.07, 6.45) is 2.57. The van der Waals surface area contributed by atoms with E-state index in [2.05, 4.69) is 11.9 Å². The average Bonchev–Trinajstić information content (AvgIpc) is 2.52. The van der Waals surface area contributed by atoms with E-state index in [4.69, 9.17) is 15.2 Å². The summed E-state index contributed by atoms with van der Waals surface area (Å²) in [5, 5.41) is 0. The van der Waals surface area contributed by atoms with Gasteiger partial charge >= 0.3 is 0 Å². The minimum absolute atomic E-state index is 0.0120. The van der Waals surface area contributed by atoms with E-state index in [-0.39, 0.29) is 6.04 Å². The number of para-hydroxylation sites is 1. The Morgan fingerprint density at radius 3 is 2.75 bits per heavy atom. The summed E-state index contributed by atoms with van der Waals surface area (Å²) in [5.74, 6) is 1.40. The molecule has 1 heterocycles. The van der Waals surface area contributed by atoms with Crippen molar-refractivity contribution in [2.24, 2.45) is 5.73 Å². The standard InChI is InChI=1S/C16H20N2O2/c1-3-14(17)13-8-4-5-9-15(13)20-11-12-7-6-10-18-16(12)19-2/h4-10,14H,3,11,17H2,1-2H3/t14-/m1/s1. The van der Waals surface area contributed by atoms with Crippen molar-refractivity contribution in [3.05, 3.63) is 53.7 Å². The van der Waals surface area contributed by atoms with Crippen LogP contribution in [0.5, 0.6) is 11.6 Å². The maximum absolute atomic E-state index is 6.10. The molecule has 4 nitrogen and oxygen atoms in total. The van der Waals surface area contributed by atoms with Gasteiger partial charge in [0.05, 0.1) is 12.7 Å². The number of nitrogens with two attached hydrogens (primary N) is 1. The van der Waals surface area contributed by atoms with E-state index in [1.165, 1.54) is 0 Å². The Hall–Kier alpha value is -2.07. The van der Waals surface area contributed by atoms with Crippen molar-refractivity contribution >= 4 is 0 Å². The summed E-state index contributed by atoms with van der Waals surface area (Å²) in [6.45, 7) is 2.47. The molecule has 1 aromatic heterocycles. The fraction of sp³-hybridized carbons (Fsp3) is 0.312. The van der Waals surface area contributed by atoms with E-state index in [1.807, 2.05) is 36.4 Å². The highest BCUT2D eigenvalue weighted by atomic mass is 16.5. The molecule has 4 heteroatoms. The Morgan fingerprint density at radius 1 is 1.20 bits per heavy atom. The molecule has 0 spiro atoms. The normalized spacial score (nSPS) is 11.9. The van der Waals surface area contributed by atoms with Crippen molar-refractivity contribution in [2.75, 3.05) is 7.11 Å². The zero-order valence-electron chi connectivity index (χ0n) is 11.9. The largest absolute Gasteiger partial charge is 0.488 e. The van der Waals surface area contributed by atoms with Crippen molar-refractivity contribution in [1.29, 1.82) is 0 Å². The highest BCUT2D eigenvalue weighted by Crippen LogP contribution is 2.27. The van der Waals surface area contributed by atoms with E-state index < -0.39 is 0 Å². The second kappa shape index (κ2) is 6.91. The Labute approximate surface area is 119 Å². The first-order chi connectivity index (χ1) is 9.76. The molecular weight excluding hydrogens is 252 g/mol. The number of hydrogen-bond donors (Lipinski definition) is 1. The molecule has 0 fully saturated rings. The third kappa shape index (κ3) is 3.27. The number of benzene rings is 1. The van der Waals surface area contributed by atoms with E-state index in [9.17, 15) is 0 Å². The Bertz CT molecular complexity index is 558. The average molecular weight is 272 g/mol. The van der Waals surface area contributed by atoms with E-state index >= 15 is 0 Å². The summed E-state index contributed by atoms with van der Waals surface area (Å²) < 4.78 is 11.1. The first-order valence-corrected chi connectivity index (χ1v) is 6.71. The van der Waals surface area contributed by atoms with E-state index in [1.54, 1.807) is 13.3 Å². The van der Waals surface area contributed by atoms with Crippen molar-refractivity contribution in [3.8, 4) is 11.6 Å². The van der Waals surface area contributed by atoms with Crippen LogP contribution in [0.25, 0.3) is 0 Å². The molecule has 0 aliphatic rings. The first kappa shape index (κ1) is 14.3. The molecule has 0 radical (unpaired) electrons. The molecule has 106 valence electrons. The van der Waals surface area contributed by atoms with Crippen LogP contribution in [0.2, 0.25) is 0 Å². The number of methoxy groups -OCH3 is 1. The number of rotatable bonds is 6. The SMILES string of the molecule is CC[C@@H](N)c1ccccc1OCc1cccnc1OC. The molecule has 1 aromatic carbocycles. The highest BCUT2D eigenvalue weighted by molar-refractivity contribution is 5.36. The summed E-state index contributed by atoms with van der Waals surface area (Å²) in [6, 6.07) is 11.7. The predicted molar refractivity (Wildman–Crippen MR) is 78.8 cm³/mol. The van der Waals surface area contributed by atoms with Gasteiger partial charge in [-0.3, -0.25) is 0 Å². The monoisotopic (exact) mass is 272 g/mol. The van der Waals surface area contributed by atoms with Gasteiger partial charge in [0.2, 0.25) is 5.88 Å². The zero-order valence-corrected chi connectivity index (χ0v) is 11.9. The Morgan fingerprint density at radius 2 is 2.00 bits per heavy atom. The molecule has 1 atom stereocenters. The predicted octanol–water partition coefficient (Wildman–Crippen LogP) is 3.08. The summed E-state index contributed by atoms with van der Waals surface area (Å²) in [4.78, 5) is 4.16. The van der Waals surface area contributed by atoms with Gasteiger partial charge in [-0.15, -0.1) is 0 Å². The van der Waals surface area contributed by atoms with Gasteiger partial charge in [0.15, 0.2) is 0 Å². The van der Waals surface area contributed by atoms with Crippen molar-refractivity contribution in [2.45, 2.75) is 26.0 Å². The number of hydrogen-bond acceptors (Lipinski definition) is 4. The molecule has 0 amide bonds. The Kier molecular flexibility index (Phi) is 4.96. The molecule has 20 heavy (non-hydrogen) atoms. The quantitative estimate of drug-likeness (QED) is 0.878. The van der Waals surface area contributed by atoms with E-state index in [0.29, 0.717) is 12.5 Å². The maximum atomic E-state index is 6.10. The van der Waals surface area contributed by atoms with Crippen LogP contribution >= 0.6 is 0 Å². The van der Waals surface area contributed by atoms with Gasteiger partial charge in [-0.05, 0) is 24.6 Å². The lowest BCUT2D eigenvalue weighted by Gasteiger charge is -2.16. The van der Waals surface area contributed by atoms with E-state index in [0.717, 1.165) is 23.3 Å². The van der Waals surface area contributed by atoms with Crippen LogP contribution in [-0.4, -0.2) is 12.1 Å². The number of pyridine rings is 1. The van der Waals surface area contributed by atoms with Gasteiger partial charge < -0.3 is 15.2 Å². The minimum Gasteiger partial charge on any atom is -0.488 e. The molecule has 2 N–H and O–H groups in total. The topological polar surface area (TPSA) is 57.4 Å². The van der Waals surface area contributed by atoms with Gasteiger partial charge in [-0.2, -0.15) is 0 Å². The van der Waals surface area contributed by atoms with Crippen LogP contribution in [0.3, 0.4) is 0 Å². The fourth-order valence-corrected chi connectivity index (χ4v) is 2.01. The Balaban J connectivity index is 2.15. The fourth-order valence-electron chi connectivity index (χ4n) is 2.01. The lowest BCUT2D eigenvalue weighted by molar-refractivity contribution is 0.289. The molecule has 0 saturated carbocycles. The second-order valence-electron chi connectivity index (χ2n) is 4.51. The molecule has 0 saturated heterocycles. The van der Waals surface area contributed by atoms with Gasteiger partial charge in [0.1, 0.15) is 12.4 Å². The van der Waals surface area contributed by atoms with Crippen LogP contribution in [0, 0.1) is 0 Å². The zero-order chi connectivity index (χ0) is 14.4. The molecule has 2 aromatic rings. The molecule has 0 aliphatic heterocycles. The lowest BCUT2D eigenvalue weighted by Crippen LogP contribution is -2.11. The van der Waals surface area contributed by atoms with Crippen molar-refractivity contribution in [1.82, 2.24) is 4.98 Å². The molecule has 0 bridgehead atoms.